The number of carboxylic acid groups (broad SMARTS) is 2. The zero-order chi connectivity index (χ0) is 18.3. The fraction of sp³-hybridized carbons (Fsp3) is 0.867. The second-order valence-corrected chi connectivity index (χ2v) is 5.85. The first-order valence-electron chi connectivity index (χ1n) is 7.79. The number of hydrogen-bond acceptors (Lipinski definition) is 7. The molecular weight excluding hydrogens is 324 g/mol. The zero-order valence-electron chi connectivity index (χ0n) is 13.8. The summed E-state index contributed by atoms with van der Waals surface area (Å²) >= 11 is 0. The van der Waals surface area contributed by atoms with Gasteiger partial charge in [0.2, 0.25) is 0 Å². The Labute approximate surface area is 140 Å². The van der Waals surface area contributed by atoms with Gasteiger partial charge in [-0.2, -0.15) is 0 Å². The van der Waals surface area contributed by atoms with E-state index in [-0.39, 0.29) is 32.3 Å². The molecule has 0 aromatic carbocycles. The highest BCUT2D eigenvalue weighted by atomic mass is 16.7. The summed E-state index contributed by atoms with van der Waals surface area (Å²) in [7, 11) is 2.74. The highest BCUT2D eigenvalue weighted by molar-refractivity contribution is 5.67. The number of methoxy groups -OCH3 is 2. The first kappa shape index (κ1) is 20.8. The summed E-state index contributed by atoms with van der Waals surface area (Å²) in [5.41, 5.74) is 0. The van der Waals surface area contributed by atoms with Crippen LogP contribution in [0.4, 0.5) is 0 Å². The maximum atomic E-state index is 10.9. The van der Waals surface area contributed by atoms with Gasteiger partial charge in [-0.15, -0.1) is 0 Å². The summed E-state index contributed by atoms with van der Waals surface area (Å²) in [6.07, 6.45) is -3.55. The maximum absolute atomic E-state index is 10.9. The van der Waals surface area contributed by atoms with E-state index in [1.807, 2.05) is 0 Å². The third kappa shape index (κ3) is 5.38. The number of carboxylic acids is 2. The summed E-state index contributed by atoms with van der Waals surface area (Å²) in [5.74, 6) is -3.13. The van der Waals surface area contributed by atoms with Gasteiger partial charge >= 0.3 is 11.9 Å². The van der Waals surface area contributed by atoms with Crippen LogP contribution in [0.2, 0.25) is 0 Å². The van der Waals surface area contributed by atoms with E-state index >= 15 is 0 Å². The molecule has 5 atom stereocenters. The molecule has 1 saturated heterocycles. The Morgan fingerprint density at radius 3 is 2.00 bits per heavy atom. The summed E-state index contributed by atoms with van der Waals surface area (Å²) in [6, 6.07) is 0. The van der Waals surface area contributed by atoms with Crippen LogP contribution < -0.4 is 0 Å². The van der Waals surface area contributed by atoms with Crippen LogP contribution in [-0.4, -0.2) is 77.8 Å². The zero-order valence-corrected chi connectivity index (χ0v) is 13.8. The van der Waals surface area contributed by atoms with E-state index in [0.717, 1.165) is 0 Å². The molecule has 24 heavy (non-hydrogen) atoms. The Morgan fingerprint density at radius 1 is 1.08 bits per heavy atom. The predicted molar refractivity (Wildman–Crippen MR) is 80.3 cm³/mol. The van der Waals surface area contributed by atoms with Gasteiger partial charge in [-0.3, -0.25) is 9.59 Å². The van der Waals surface area contributed by atoms with Crippen LogP contribution in [0.15, 0.2) is 0 Å². The van der Waals surface area contributed by atoms with Crippen LogP contribution in [0.1, 0.15) is 25.7 Å². The molecule has 1 fully saturated rings. The van der Waals surface area contributed by atoms with Crippen molar-refractivity contribution in [2.45, 2.75) is 50.3 Å². The monoisotopic (exact) mass is 350 g/mol. The third-order valence-corrected chi connectivity index (χ3v) is 4.41. The highest BCUT2D eigenvalue weighted by Crippen LogP contribution is 2.37. The minimum absolute atomic E-state index is 0.162. The molecule has 5 unspecified atom stereocenters. The number of carbonyl (C=O) groups is 2. The van der Waals surface area contributed by atoms with E-state index in [2.05, 4.69) is 0 Å². The van der Waals surface area contributed by atoms with Crippen LogP contribution in [0.3, 0.4) is 0 Å². The molecule has 9 heteroatoms. The molecule has 0 spiro atoms. The molecule has 1 rings (SSSR count). The van der Waals surface area contributed by atoms with Crippen LogP contribution >= 0.6 is 0 Å². The van der Waals surface area contributed by atoms with Gasteiger partial charge in [-0.1, -0.05) is 0 Å². The van der Waals surface area contributed by atoms with Crippen molar-refractivity contribution in [3.05, 3.63) is 0 Å². The molecule has 1 aliphatic rings. The largest absolute Gasteiger partial charge is 0.481 e. The summed E-state index contributed by atoms with van der Waals surface area (Å²) in [6.45, 7) is -0.378. The fourth-order valence-electron chi connectivity index (χ4n) is 3.24. The van der Waals surface area contributed by atoms with Crippen molar-refractivity contribution in [3.63, 3.8) is 0 Å². The molecule has 0 radical (unpaired) electrons. The second-order valence-electron chi connectivity index (χ2n) is 5.85. The van der Waals surface area contributed by atoms with Crippen molar-refractivity contribution >= 4 is 11.9 Å². The maximum Gasteiger partial charge on any atom is 0.303 e. The fourth-order valence-corrected chi connectivity index (χ4v) is 3.24. The summed E-state index contributed by atoms with van der Waals surface area (Å²) < 4.78 is 16.1. The quantitative estimate of drug-likeness (QED) is 0.417. The molecule has 0 aliphatic carbocycles. The Bertz CT molecular complexity index is 396. The first-order valence-corrected chi connectivity index (χ1v) is 7.79. The molecule has 9 nitrogen and oxygen atoms in total. The van der Waals surface area contributed by atoms with Crippen molar-refractivity contribution in [2.24, 2.45) is 11.8 Å². The van der Waals surface area contributed by atoms with Crippen LogP contribution in [0.5, 0.6) is 0 Å². The standard InChI is InChI=1S/C15H26O9/c1-22-14-9(7-16)24-15(23-2)12(13(14)21)8(3-5-10(17)18)4-6-11(19)20/h8-9,12-16,21H,3-7H2,1-2H3,(H,17,18)(H,19,20). The SMILES string of the molecule is COC1OC(CO)C(OC)C(O)C1C(CCC(=O)O)CCC(=O)O. The molecule has 0 amide bonds. The van der Waals surface area contributed by atoms with E-state index in [1.54, 1.807) is 0 Å². The van der Waals surface area contributed by atoms with E-state index in [9.17, 15) is 19.8 Å². The normalized spacial score (nSPS) is 30.5. The van der Waals surface area contributed by atoms with Crippen LogP contribution in [0, 0.1) is 11.8 Å². The van der Waals surface area contributed by atoms with Crippen molar-refractivity contribution < 1.29 is 44.2 Å². The predicted octanol–water partition coefficient (Wildman–Crippen LogP) is -0.312. The average Bonchev–Trinajstić information content (AvgIpc) is 2.54. The summed E-state index contributed by atoms with van der Waals surface area (Å²) in [5, 5.41) is 37.8. The lowest BCUT2D eigenvalue weighted by Gasteiger charge is -2.46. The Morgan fingerprint density at radius 2 is 1.62 bits per heavy atom. The lowest BCUT2D eigenvalue weighted by molar-refractivity contribution is -0.292. The number of aliphatic carboxylic acids is 2. The number of aliphatic hydroxyl groups excluding tert-OH is 2. The third-order valence-electron chi connectivity index (χ3n) is 4.41. The molecule has 140 valence electrons. The molecule has 0 aromatic rings. The number of hydrogen-bond donors (Lipinski definition) is 4. The van der Waals surface area contributed by atoms with E-state index in [1.165, 1.54) is 14.2 Å². The average molecular weight is 350 g/mol. The van der Waals surface area contributed by atoms with Crippen LogP contribution in [-0.2, 0) is 23.8 Å². The molecule has 0 bridgehead atoms. The molecule has 4 N–H and O–H groups in total. The van der Waals surface area contributed by atoms with Gasteiger partial charge in [-0.05, 0) is 18.8 Å². The smallest absolute Gasteiger partial charge is 0.303 e. The topological polar surface area (TPSA) is 143 Å². The van der Waals surface area contributed by atoms with E-state index < -0.39 is 48.4 Å². The van der Waals surface area contributed by atoms with Crippen LogP contribution in [0.25, 0.3) is 0 Å². The van der Waals surface area contributed by atoms with Gasteiger partial charge in [0.15, 0.2) is 6.29 Å². The number of ether oxygens (including phenoxy) is 3. The van der Waals surface area contributed by atoms with Crippen molar-refractivity contribution in [3.8, 4) is 0 Å². The Hall–Kier alpha value is -1.26. The van der Waals surface area contributed by atoms with Gasteiger partial charge in [0.25, 0.3) is 0 Å². The van der Waals surface area contributed by atoms with Crippen molar-refractivity contribution in [1.82, 2.24) is 0 Å². The molecule has 1 aliphatic heterocycles. The Balaban J connectivity index is 3.00. The summed E-state index contributed by atoms with van der Waals surface area (Å²) in [4.78, 5) is 21.8. The minimum atomic E-state index is -1.08. The molecular formula is C15H26O9. The minimum Gasteiger partial charge on any atom is -0.481 e. The number of rotatable bonds is 10. The van der Waals surface area contributed by atoms with Gasteiger partial charge < -0.3 is 34.6 Å². The molecule has 0 aromatic heterocycles. The highest BCUT2D eigenvalue weighted by Gasteiger charge is 2.48. The molecule has 0 saturated carbocycles. The van der Waals surface area contributed by atoms with Gasteiger partial charge in [0.05, 0.1) is 12.7 Å². The van der Waals surface area contributed by atoms with Gasteiger partial charge in [0.1, 0.15) is 12.2 Å². The first-order chi connectivity index (χ1) is 11.3. The van der Waals surface area contributed by atoms with E-state index in [4.69, 9.17) is 24.4 Å². The van der Waals surface area contributed by atoms with Gasteiger partial charge in [0, 0.05) is 33.0 Å². The lowest BCUT2D eigenvalue weighted by atomic mass is 9.77. The second kappa shape index (κ2) is 9.90. The van der Waals surface area contributed by atoms with Crippen molar-refractivity contribution in [1.29, 1.82) is 0 Å². The number of aliphatic hydroxyl groups is 2. The van der Waals surface area contributed by atoms with Gasteiger partial charge in [-0.25, -0.2) is 0 Å². The van der Waals surface area contributed by atoms with Crippen molar-refractivity contribution in [2.75, 3.05) is 20.8 Å². The Kier molecular flexibility index (Phi) is 8.57. The molecule has 1 heterocycles. The van der Waals surface area contributed by atoms with E-state index in [0.29, 0.717) is 0 Å². The lowest BCUT2D eigenvalue weighted by Crippen LogP contribution is -2.58.